The molecular formula is C20H33NO5S. The van der Waals surface area contributed by atoms with Crippen LogP contribution in [0.5, 0.6) is 5.75 Å². The number of benzene rings is 1. The summed E-state index contributed by atoms with van der Waals surface area (Å²) in [5, 5.41) is 0. The monoisotopic (exact) mass is 399 g/mol. The molecule has 0 aliphatic heterocycles. The Morgan fingerprint density at radius 1 is 1.04 bits per heavy atom. The van der Waals surface area contributed by atoms with Gasteiger partial charge in [-0.25, -0.2) is 8.42 Å². The predicted molar refractivity (Wildman–Crippen MR) is 106 cm³/mol. The Labute approximate surface area is 163 Å². The molecule has 0 unspecified atom stereocenters. The van der Waals surface area contributed by atoms with Crippen LogP contribution in [0.25, 0.3) is 0 Å². The molecule has 0 saturated carbocycles. The average molecular weight is 400 g/mol. The molecule has 0 N–H and O–H groups in total. The Hall–Kier alpha value is -1.60. The van der Waals surface area contributed by atoms with Gasteiger partial charge in [-0.15, -0.1) is 0 Å². The fraction of sp³-hybridized carbons (Fsp3) is 0.650. The summed E-state index contributed by atoms with van der Waals surface area (Å²) < 4.78 is 38.3. The molecule has 7 heteroatoms. The Kier molecular flexibility index (Phi) is 7.87. The molecule has 0 aliphatic carbocycles. The van der Waals surface area contributed by atoms with Crippen molar-refractivity contribution >= 4 is 16.0 Å². The van der Waals surface area contributed by atoms with E-state index in [2.05, 4.69) is 6.92 Å². The molecule has 0 aliphatic rings. The van der Waals surface area contributed by atoms with Gasteiger partial charge in [0.05, 0.1) is 11.5 Å². The maximum absolute atomic E-state index is 13.1. The first-order chi connectivity index (χ1) is 12.3. The fourth-order valence-electron chi connectivity index (χ4n) is 2.34. The zero-order valence-electron chi connectivity index (χ0n) is 17.5. The molecular weight excluding hydrogens is 366 g/mol. The molecule has 0 saturated heterocycles. The summed E-state index contributed by atoms with van der Waals surface area (Å²) in [4.78, 5) is 12.4. The van der Waals surface area contributed by atoms with E-state index in [9.17, 15) is 13.2 Å². The van der Waals surface area contributed by atoms with Gasteiger partial charge < -0.3 is 9.47 Å². The molecule has 1 aromatic carbocycles. The van der Waals surface area contributed by atoms with Crippen molar-refractivity contribution in [2.75, 3.05) is 13.2 Å². The summed E-state index contributed by atoms with van der Waals surface area (Å²) in [7, 11) is -3.87. The average Bonchev–Trinajstić information content (AvgIpc) is 2.50. The van der Waals surface area contributed by atoms with E-state index in [1.165, 1.54) is 16.4 Å². The van der Waals surface area contributed by atoms with Crippen molar-refractivity contribution in [1.29, 1.82) is 0 Å². The maximum atomic E-state index is 13.1. The topological polar surface area (TPSA) is 72.9 Å². The molecule has 27 heavy (non-hydrogen) atoms. The highest BCUT2D eigenvalue weighted by Crippen LogP contribution is 2.26. The lowest BCUT2D eigenvalue weighted by atomic mass is 10.1. The highest BCUT2D eigenvalue weighted by Gasteiger charge is 2.36. The highest BCUT2D eigenvalue weighted by atomic mass is 32.2. The number of ether oxygens (including phenoxy) is 2. The fourth-order valence-corrected chi connectivity index (χ4v) is 4.07. The van der Waals surface area contributed by atoms with Gasteiger partial charge in [0.1, 0.15) is 17.9 Å². The molecule has 0 radical (unpaired) electrons. The van der Waals surface area contributed by atoms with E-state index in [-0.39, 0.29) is 11.4 Å². The summed E-state index contributed by atoms with van der Waals surface area (Å²) in [5.74, 6) is 0.0392. The smallest absolute Gasteiger partial charge is 0.321 e. The van der Waals surface area contributed by atoms with Crippen LogP contribution in [0.2, 0.25) is 0 Å². The molecule has 1 aromatic rings. The van der Waals surface area contributed by atoms with Gasteiger partial charge in [0.15, 0.2) is 0 Å². The van der Waals surface area contributed by atoms with Gasteiger partial charge in [0.25, 0.3) is 0 Å². The van der Waals surface area contributed by atoms with Gasteiger partial charge in [-0.1, -0.05) is 13.3 Å². The Balaban J connectivity index is 3.05. The van der Waals surface area contributed by atoms with Crippen molar-refractivity contribution in [3.8, 4) is 5.75 Å². The van der Waals surface area contributed by atoms with Crippen molar-refractivity contribution in [2.45, 2.75) is 77.3 Å². The van der Waals surface area contributed by atoms with E-state index in [0.717, 1.165) is 12.8 Å². The molecule has 0 fully saturated rings. The van der Waals surface area contributed by atoms with Crippen LogP contribution in [0.4, 0.5) is 0 Å². The molecule has 0 spiro atoms. The lowest BCUT2D eigenvalue weighted by Crippen LogP contribution is -2.49. The molecule has 0 aromatic heterocycles. The lowest BCUT2D eigenvalue weighted by molar-refractivity contribution is -0.155. The summed E-state index contributed by atoms with van der Waals surface area (Å²) in [5.41, 5.74) is -1.46. The van der Waals surface area contributed by atoms with Crippen molar-refractivity contribution in [2.24, 2.45) is 0 Å². The van der Waals surface area contributed by atoms with Gasteiger partial charge in [0, 0.05) is 5.54 Å². The van der Waals surface area contributed by atoms with E-state index in [1.54, 1.807) is 53.7 Å². The normalized spacial score (nSPS) is 12.9. The minimum atomic E-state index is -3.87. The van der Waals surface area contributed by atoms with Crippen LogP contribution >= 0.6 is 0 Å². The number of esters is 1. The summed E-state index contributed by atoms with van der Waals surface area (Å²) in [6.07, 6.45) is 1.96. The second kappa shape index (κ2) is 9.06. The standard InChI is InChI=1S/C20H33NO5S/c1-8-9-14-25-16-10-12-17(13-11-16)27(23,24)21(19(2,3)4)15-18(22)26-20(5,6)7/h10-13H,8-9,14-15H2,1-7H3. The Bertz CT molecular complexity index is 712. The van der Waals surface area contributed by atoms with Gasteiger partial charge >= 0.3 is 5.97 Å². The predicted octanol–water partition coefficient (Wildman–Crippen LogP) is 4.00. The number of carbonyl (C=O) groups is 1. The maximum Gasteiger partial charge on any atom is 0.321 e. The van der Waals surface area contributed by atoms with E-state index in [1.807, 2.05) is 0 Å². The third kappa shape index (κ3) is 7.50. The number of hydrogen-bond donors (Lipinski definition) is 0. The first-order valence-electron chi connectivity index (χ1n) is 9.25. The van der Waals surface area contributed by atoms with Crippen LogP contribution in [-0.2, 0) is 19.6 Å². The molecule has 0 bridgehead atoms. The number of sulfonamides is 1. The van der Waals surface area contributed by atoms with Gasteiger partial charge in [-0.3, -0.25) is 4.79 Å². The summed E-state index contributed by atoms with van der Waals surface area (Å²) >= 11 is 0. The van der Waals surface area contributed by atoms with E-state index in [0.29, 0.717) is 12.4 Å². The van der Waals surface area contributed by atoms with Gasteiger partial charge in [-0.2, -0.15) is 4.31 Å². The minimum Gasteiger partial charge on any atom is -0.494 e. The number of unbranched alkanes of at least 4 members (excludes halogenated alkanes) is 1. The van der Waals surface area contributed by atoms with Crippen LogP contribution < -0.4 is 4.74 Å². The first kappa shape index (κ1) is 23.4. The van der Waals surface area contributed by atoms with E-state index >= 15 is 0 Å². The van der Waals surface area contributed by atoms with Crippen LogP contribution in [0.3, 0.4) is 0 Å². The van der Waals surface area contributed by atoms with Crippen LogP contribution in [-0.4, -0.2) is 43.0 Å². The SMILES string of the molecule is CCCCOc1ccc(S(=O)(=O)N(CC(=O)OC(C)(C)C)C(C)(C)C)cc1. The molecule has 154 valence electrons. The van der Waals surface area contributed by atoms with Crippen molar-refractivity contribution in [3.63, 3.8) is 0 Å². The zero-order chi connectivity index (χ0) is 20.9. The molecule has 0 heterocycles. The quantitative estimate of drug-likeness (QED) is 0.488. The highest BCUT2D eigenvalue weighted by molar-refractivity contribution is 7.89. The van der Waals surface area contributed by atoms with Crippen LogP contribution in [0.15, 0.2) is 29.2 Å². The molecule has 0 amide bonds. The third-order valence-corrected chi connectivity index (χ3v) is 5.74. The van der Waals surface area contributed by atoms with Crippen molar-refractivity contribution in [1.82, 2.24) is 4.31 Å². The largest absolute Gasteiger partial charge is 0.494 e. The summed E-state index contributed by atoms with van der Waals surface area (Å²) in [6.45, 7) is 12.8. The second-order valence-corrected chi connectivity index (χ2v) is 10.3. The zero-order valence-corrected chi connectivity index (χ0v) is 18.4. The van der Waals surface area contributed by atoms with Crippen LogP contribution in [0.1, 0.15) is 61.3 Å². The third-order valence-electron chi connectivity index (χ3n) is 3.62. The van der Waals surface area contributed by atoms with Gasteiger partial charge in [-0.05, 0) is 72.2 Å². The second-order valence-electron chi connectivity index (χ2n) is 8.44. The van der Waals surface area contributed by atoms with E-state index < -0.39 is 27.1 Å². The first-order valence-corrected chi connectivity index (χ1v) is 10.7. The van der Waals surface area contributed by atoms with Gasteiger partial charge in [0.2, 0.25) is 10.0 Å². The molecule has 6 nitrogen and oxygen atoms in total. The van der Waals surface area contributed by atoms with E-state index in [4.69, 9.17) is 9.47 Å². The summed E-state index contributed by atoms with van der Waals surface area (Å²) in [6, 6.07) is 6.28. The number of nitrogens with zero attached hydrogens (tertiary/aromatic N) is 1. The lowest BCUT2D eigenvalue weighted by Gasteiger charge is -2.34. The van der Waals surface area contributed by atoms with Crippen molar-refractivity contribution < 1.29 is 22.7 Å². The van der Waals surface area contributed by atoms with Crippen LogP contribution in [0, 0.1) is 0 Å². The number of hydrogen-bond acceptors (Lipinski definition) is 5. The number of carbonyl (C=O) groups excluding carboxylic acids is 1. The Morgan fingerprint density at radius 2 is 1.59 bits per heavy atom. The Morgan fingerprint density at radius 3 is 2.04 bits per heavy atom. The van der Waals surface area contributed by atoms with Crippen molar-refractivity contribution in [3.05, 3.63) is 24.3 Å². The number of rotatable bonds is 8. The molecule has 0 atom stereocenters. The molecule has 1 rings (SSSR count). The minimum absolute atomic E-state index is 0.115.